The van der Waals surface area contributed by atoms with E-state index >= 15 is 0 Å². The molecule has 2 aromatic carbocycles. The molecule has 1 aliphatic heterocycles. The van der Waals surface area contributed by atoms with Crippen LogP contribution in [0.25, 0.3) is 0 Å². The number of ether oxygens (including phenoxy) is 3. The molecule has 2 aromatic rings. The summed E-state index contributed by atoms with van der Waals surface area (Å²) in [6, 6.07) is 12.1. The summed E-state index contributed by atoms with van der Waals surface area (Å²) in [7, 11) is -3.79. The van der Waals surface area contributed by atoms with Crippen molar-refractivity contribution in [1.29, 1.82) is 0 Å². The summed E-state index contributed by atoms with van der Waals surface area (Å²) in [5, 5.41) is 2.70. The molecule has 0 bridgehead atoms. The van der Waals surface area contributed by atoms with Gasteiger partial charge in [0.25, 0.3) is 5.91 Å². The van der Waals surface area contributed by atoms with Gasteiger partial charge in [0, 0.05) is 18.8 Å². The SMILES string of the molecule is CCOc1ccc(NC(=O)COc2cccc(CC)c2)cc1S(=O)(=O)N1CCOCC1. The van der Waals surface area contributed by atoms with Crippen LogP contribution in [0.2, 0.25) is 0 Å². The van der Waals surface area contributed by atoms with Crippen LogP contribution in [-0.4, -0.2) is 58.1 Å². The van der Waals surface area contributed by atoms with Crippen LogP contribution >= 0.6 is 0 Å². The second kappa shape index (κ2) is 10.6. The molecule has 1 aliphatic rings. The number of nitrogens with one attached hydrogen (secondary N) is 1. The smallest absolute Gasteiger partial charge is 0.262 e. The van der Waals surface area contributed by atoms with Gasteiger partial charge in [-0.2, -0.15) is 4.31 Å². The van der Waals surface area contributed by atoms with Gasteiger partial charge in [-0.15, -0.1) is 0 Å². The van der Waals surface area contributed by atoms with Crippen molar-refractivity contribution in [2.24, 2.45) is 0 Å². The standard InChI is InChI=1S/C22H28N2O6S/c1-3-17-6-5-7-19(14-17)30-16-22(25)23-18-8-9-20(29-4-2)21(15-18)31(26,27)24-10-12-28-13-11-24/h5-9,14-15H,3-4,10-13,16H2,1-2H3,(H,23,25). The van der Waals surface area contributed by atoms with Gasteiger partial charge in [-0.3, -0.25) is 4.79 Å². The first-order chi connectivity index (χ1) is 14.9. The number of carbonyl (C=O) groups is 1. The van der Waals surface area contributed by atoms with Gasteiger partial charge in [0.15, 0.2) is 6.61 Å². The number of morpholine rings is 1. The van der Waals surface area contributed by atoms with Gasteiger partial charge < -0.3 is 19.5 Å². The number of rotatable bonds is 9. The third-order valence-electron chi connectivity index (χ3n) is 4.79. The van der Waals surface area contributed by atoms with Crippen molar-refractivity contribution in [3.05, 3.63) is 48.0 Å². The van der Waals surface area contributed by atoms with E-state index in [1.54, 1.807) is 25.1 Å². The average Bonchev–Trinajstić information content (AvgIpc) is 2.79. The van der Waals surface area contributed by atoms with Crippen LogP contribution in [-0.2, 0) is 26.0 Å². The number of amides is 1. The quantitative estimate of drug-likeness (QED) is 0.634. The van der Waals surface area contributed by atoms with Crippen LogP contribution < -0.4 is 14.8 Å². The summed E-state index contributed by atoms with van der Waals surface area (Å²) >= 11 is 0. The lowest BCUT2D eigenvalue weighted by atomic mass is 10.2. The van der Waals surface area contributed by atoms with Crippen LogP contribution in [0.5, 0.6) is 11.5 Å². The number of nitrogens with zero attached hydrogens (tertiary/aromatic N) is 1. The van der Waals surface area contributed by atoms with Crippen molar-refractivity contribution < 1.29 is 27.4 Å². The van der Waals surface area contributed by atoms with E-state index in [-0.39, 0.29) is 36.2 Å². The van der Waals surface area contributed by atoms with E-state index in [1.165, 1.54) is 10.4 Å². The van der Waals surface area contributed by atoms with E-state index in [2.05, 4.69) is 5.32 Å². The van der Waals surface area contributed by atoms with Crippen molar-refractivity contribution in [1.82, 2.24) is 4.31 Å². The van der Waals surface area contributed by atoms with Crippen LogP contribution in [0, 0.1) is 0 Å². The molecule has 1 N–H and O–H groups in total. The largest absolute Gasteiger partial charge is 0.492 e. The summed E-state index contributed by atoms with van der Waals surface area (Å²) in [5.74, 6) is 0.470. The van der Waals surface area contributed by atoms with E-state index in [0.717, 1.165) is 12.0 Å². The Labute approximate surface area is 183 Å². The Kier molecular flexibility index (Phi) is 7.89. The molecule has 0 unspecified atom stereocenters. The Morgan fingerprint density at radius 1 is 1.10 bits per heavy atom. The molecule has 1 saturated heterocycles. The fourth-order valence-corrected chi connectivity index (χ4v) is 4.75. The average molecular weight is 449 g/mol. The summed E-state index contributed by atoms with van der Waals surface area (Å²) in [6.45, 7) is 5.19. The molecule has 8 nitrogen and oxygen atoms in total. The maximum atomic E-state index is 13.1. The Balaban J connectivity index is 1.73. The normalized spacial score (nSPS) is 14.8. The van der Waals surface area contributed by atoms with Crippen LogP contribution in [0.4, 0.5) is 5.69 Å². The van der Waals surface area contributed by atoms with E-state index in [9.17, 15) is 13.2 Å². The van der Waals surface area contributed by atoms with Gasteiger partial charge in [-0.25, -0.2) is 8.42 Å². The monoisotopic (exact) mass is 448 g/mol. The van der Waals surface area contributed by atoms with Crippen LogP contribution in [0.15, 0.2) is 47.4 Å². The molecule has 1 fully saturated rings. The molecule has 0 atom stereocenters. The molecular weight excluding hydrogens is 420 g/mol. The van der Waals surface area contributed by atoms with E-state index in [0.29, 0.717) is 31.3 Å². The van der Waals surface area contributed by atoms with Gasteiger partial charge >= 0.3 is 0 Å². The van der Waals surface area contributed by atoms with Crippen LogP contribution in [0.3, 0.4) is 0 Å². The molecular formula is C22H28N2O6S. The zero-order valence-electron chi connectivity index (χ0n) is 17.8. The lowest BCUT2D eigenvalue weighted by molar-refractivity contribution is -0.118. The minimum Gasteiger partial charge on any atom is -0.492 e. The summed E-state index contributed by atoms with van der Waals surface area (Å²) in [5.41, 5.74) is 1.47. The summed E-state index contributed by atoms with van der Waals surface area (Å²) in [6.07, 6.45) is 0.871. The number of sulfonamides is 1. The van der Waals surface area contributed by atoms with Gasteiger partial charge in [-0.05, 0) is 49.2 Å². The fraction of sp³-hybridized carbons (Fsp3) is 0.409. The second-order valence-electron chi connectivity index (χ2n) is 6.95. The highest BCUT2D eigenvalue weighted by Crippen LogP contribution is 2.30. The highest BCUT2D eigenvalue weighted by atomic mass is 32.2. The Hall–Kier alpha value is -2.62. The molecule has 0 spiro atoms. The Morgan fingerprint density at radius 3 is 2.58 bits per heavy atom. The first-order valence-electron chi connectivity index (χ1n) is 10.3. The van der Waals surface area contributed by atoms with Crippen molar-refractivity contribution in [3.8, 4) is 11.5 Å². The van der Waals surface area contributed by atoms with E-state index < -0.39 is 10.0 Å². The first-order valence-corrected chi connectivity index (χ1v) is 11.7. The zero-order valence-corrected chi connectivity index (χ0v) is 18.6. The van der Waals surface area contributed by atoms with Gasteiger partial charge in [0.1, 0.15) is 16.4 Å². The number of anilines is 1. The van der Waals surface area contributed by atoms with Crippen molar-refractivity contribution in [3.63, 3.8) is 0 Å². The van der Waals surface area contributed by atoms with Gasteiger partial charge in [0.2, 0.25) is 10.0 Å². The maximum absolute atomic E-state index is 13.1. The Morgan fingerprint density at radius 2 is 1.87 bits per heavy atom. The predicted octanol–water partition coefficient (Wildman–Crippen LogP) is 2.69. The van der Waals surface area contributed by atoms with E-state index in [4.69, 9.17) is 14.2 Å². The highest BCUT2D eigenvalue weighted by Gasteiger charge is 2.29. The van der Waals surface area contributed by atoms with E-state index in [1.807, 2.05) is 25.1 Å². The molecule has 168 valence electrons. The van der Waals surface area contributed by atoms with Crippen molar-refractivity contribution in [2.45, 2.75) is 25.2 Å². The highest BCUT2D eigenvalue weighted by molar-refractivity contribution is 7.89. The molecule has 0 aliphatic carbocycles. The van der Waals surface area contributed by atoms with Gasteiger partial charge in [0.05, 0.1) is 19.8 Å². The number of hydrogen-bond acceptors (Lipinski definition) is 6. The summed E-state index contributed by atoms with van der Waals surface area (Å²) < 4.78 is 44.0. The molecule has 3 rings (SSSR count). The number of aryl methyl sites for hydroxylation is 1. The van der Waals surface area contributed by atoms with Crippen molar-refractivity contribution >= 4 is 21.6 Å². The minimum absolute atomic E-state index is 0.0191. The summed E-state index contributed by atoms with van der Waals surface area (Å²) in [4.78, 5) is 12.4. The second-order valence-corrected chi connectivity index (χ2v) is 8.86. The minimum atomic E-state index is -3.79. The van der Waals surface area contributed by atoms with Crippen LogP contribution in [0.1, 0.15) is 19.4 Å². The lowest BCUT2D eigenvalue weighted by Crippen LogP contribution is -2.40. The maximum Gasteiger partial charge on any atom is 0.262 e. The molecule has 1 amide bonds. The van der Waals surface area contributed by atoms with Gasteiger partial charge in [-0.1, -0.05) is 19.1 Å². The number of carbonyl (C=O) groups excluding carboxylic acids is 1. The third kappa shape index (κ3) is 5.96. The number of hydrogen-bond donors (Lipinski definition) is 1. The molecule has 0 aromatic heterocycles. The predicted molar refractivity (Wildman–Crippen MR) is 117 cm³/mol. The molecule has 0 radical (unpaired) electrons. The molecule has 0 saturated carbocycles. The molecule has 9 heteroatoms. The fourth-order valence-electron chi connectivity index (χ4n) is 3.19. The Bertz CT molecular complexity index is 1000. The topological polar surface area (TPSA) is 94.2 Å². The molecule has 31 heavy (non-hydrogen) atoms. The van der Waals surface area contributed by atoms with Crippen molar-refractivity contribution in [2.75, 3.05) is 44.8 Å². The zero-order chi connectivity index (χ0) is 22.3. The first kappa shape index (κ1) is 23.1. The lowest BCUT2D eigenvalue weighted by Gasteiger charge is -2.27. The molecule has 1 heterocycles. The number of benzene rings is 2. The third-order valence-corrected chi connectivity index (χ3v) is 6.71.